The lowest BCUT2D eigenvalue weighted by Gasteiger charge is -2.06. The third kappa shape index (κ3) is 3.85. The maximum atomic E-state index is 12.6. The number of hydrogen-bond acceptors (Lipinski definition) is 9. The standard InChI is InChI=1S/C17H14ClN5O3S2/c1-8-22-23-15(26-8)10-3-2-9(6-11(10)18)20-14(25)12-7-13-16(27-12)21-17(28-13)19-4-5-24/h2-3,6-7,24H,4-5H2,1H3,(H,19,21)(H,20,25). The topological polar surface area (TPSA) is 113 Å². The predicted octanol–water partition coefficient (Wildman–Crippen LogP) is 4.03. The number of hydrogen-bond donors (Lipinski definition) is 3. The molecule has 0 aliphatic carbocycles. The Labute approximate surface area is 172 Å². The molecule has 28 heavy (non-hydrogen) atoms. The third-order valence-corrected chi connectivity index (χ3v) is 6.11. The van der Waals surface area contributed by atoms with Crippen molar-refractivity contribution < 1.29 is 14.3 Å². The molecule has 4 aromatic rings. The molecule has 0 saturated heterocycles. The van der Waals surface area contributed by atoms with Crippen LogP contribution in [0.25, 0.3) is 21.0 Å². The molecule has 3 aromatic heterocycles. The number of carbonyl (C=O) groups excluding carboxylic acids is 1. The SMILES string of the molecule is Cc1nnc(-c2ccc(NC(=O)c3cc4sc(NCCO)nc4s3)cc2Cl)o1. The third-order valence-electron chi connectivity index (χ3n) is 3.68. The highest BCUT2D eigenvalue weighted by Crippen LogP contribution is 2.34. The summed E-state index contributed by atoms with van der Waals surface area (Å²) in [5, 5.41) is 23.6. The Hall–Kier alpha value is -2.53. The fourth-order valence-corrected chi connectivity index (χ4v) is 4.75. The van der Waals surface area contributed by atoms with Gasteiger partial charge in [-0.15, -0.1) is 21.5 Å². The van der Waals surface area contributed by atoms with Crippen molar-refractivity contribution in [3.05, 3.63) is 40.1 Å². The van der Waals surface area contributed by atoms with Gasteiger partial charge < -0.3 is 20.2 Å². The van der Waals surface area contributed by atoms with Crippen LogP contribution in [0.15, 0.2) is 28.7 Å². The number of fused-ring (bicyclic) bond motifs is 1. The molecule has 144 valence electrons. The molecule has 8 nitrogen and oxygen atoms in total. The molecule has 0 radical (unpaired) electrons. The number of nitrogens with zero attached hydrogens (tertiary/aromatic N) is 3. The molecule has 0 aliphatic heterocycles. The minimum atomic E-state index is -0.238. The fourth-order valence-electron chi connectivity index (χ4n) is 2.45. The van der Waals surface area contributed by atoms with Crippen LogP contribution in [0.3, 0.4) is 0 Å². The Morgan fingerprint density at radius 2 is 2.14 bits per heavy atom. The highest BCUT2D eigenvalue weighted by atomic mass is 35.5. The zero-order chi connectivity index (χ0) is 19.7. The molecule has 4 rings (SSSR count). The van der Waals surface area contributed by atoms with Crippen molar-refractivity contribution in [2.24, 2.45) is 0 Å². The molecule has 0 saturated carbocycles. The van der Waals surface area contributed by atoms with Crippen molar-refractivity contribution >= 4 is 60.5 Å². The maximum Gasteiger partial charge on any atom is 0.265 e. The average Bonchev–Trinajstić information content (AvgIpc) is 3.34. The Balaban J connectivity index is 1.49. The Kier molecular flexibility index (Phi) is 5.27. The van der Waals surface area contributed by atoms with Crippen LogP contribution in [0.2, 0.25) is 5.02 Å². The number of aromatic nitrogens is 3. The number of aliphatic hydroxyl groups excluding tert-OH is 1. The van der Waals surface area contributed by atoms with E-state index in [0.29, 0.717) is 39.5 Å². The van der Waals surface area contributed by atoms with E-state index in [1.54, 1.807) is 31.2 Å². The number of rotatable bonds is 6. The second kappa shape index (κ2) is 7.84. The first-order chi connectivity index (χ1) is 13.5. The second-order valence-corrected chi connectivity index (χ2v) is 8.19. The average molecular weight is 436 g/mol. The maximum absolute atomic E-state index is 12.6. The van der Waals surface area contributed by atoms with Gasteiger partial charge in [0.15, 0.2) is 5.13 Å². The summed E-state index contributed by atoms with van der Waals surface area (Å²) < 4.78 is 6.30. The van der Waals surface area contributed by atoms with E-state index in [1.807, 2.05) is 0 Å². The number of anilines is 2. The van der Waals surface area contributed by atoms with E-state index in [9.17, 15) is 4.79 Å². The molecule has 0 atom stereocenters. The first-order valence-electron chi connectivity index (χ1n) is 8.20. The molecule has 1 aromatic carbocycles. The molecular weight excluding hydrogens is 422 g/mol. The van der Waals surface area contributed by atoms with Crippen LogP contribution in [0.4, 0.5) is 10.8 Å². The number of amides is 1. The van der Waals surface area contributed by atoms with E-state index >= 15 is 0 Å². The van der Waals surface area contributed by atoms with Crippen molar-refractivity contribution in [1.29, 1.82) is 0 Å². The molecule has 0 aliphatic rings. The fraction of sp³-hybridized carbons (Fsp3) is 0.176. The van der Waals surface area contributed by atoms with Crippen LogP contribution < -0.4 is 10.6 Å². The summed E-state index contributed by atoms with van der Waals surface area (Å²) in [5.41, 5.74) is 1.16. The van der Waals surface area contributed by atoms with E-state index in [2.05, 4.69) is 25.8 Å². The highest BCUT2D eigenvalue weighted by molar-refractivity contribution is 7.29. The van der Waals surface area contributed by atoms with Crippen LogP contribution >= 0.6 is 34.3 Å². The number of aliphatic hydroxyl groups is 1. The number of nitrogens with one attached hydrogen (secondary N) is 2. The number of aryl methyl sites for hydroxylation is 1. The lowest BCUT2D eigenvalue weighted by molar-refractivity contribution is 0.103. The second-order valence-electron chi connectivity index (χ2n) is 5.72. The Bertz CT molecular complexity index is 1120. The van der Waals surface area contributed by atoms with Gasteiger partial charge in [-0.3, -0.25) is 4.79 Å². The Morgan fingerprint density at radius 3 is 2.82 bits per heavy atom. The highest BCUT2D eigenvalue weighted by Gasteiger charge is 2.16. The monoisotopic (exact) mass is 435 g/mol. The van der Waals surface area contributed by atoms with Crippen LogP contribution in [0.1, 0.15) is 15.6 Å². The van der Waals surface area contributed by atoms with E-state index in [-0.39, 0.29) is 12.5 Å². The number of thiophene rings is 1. The lowest BCUT2D eigenvalue weighted by Crippen LogP contribution is -2.10. The summed E-state index contributed by atoms with van der Waals surface area (Å²) in [5.74, 6) is 0.539. The summed E-state index contributed by atoms with van der Waals surface area (Å²) in [6.07, 6.45) is 0. The zero-order valence-electron chi connectivity index (χ0n) is 14.5. The van der Waals surface area contributed by atoms with Gasteiger partial charge in [0.05, 0.1) is 26.8 Å². The molecule has 1 amide bonds. The van der Waals surface area contributed by atoms with Crippen LogP contribution in [-0.2, 0) is 0 Å². The van der Waals surface area contributed by atoms with Gasteiger partial charge in [-0.05, 0) is 24.3 Å². The summed E-state index contributed by atoms with van der Waals surface area (Å²) in [7, 11) is 0. The summed E-state index contributed by atoms with van der Waals surface area (Å²) in [4.78, 5) is 18.3. The van der Waals surface area contributed by atoms with Gasteiger partial charge in [-0.1, -0.05) is 22.9 Å². The van der Waals surface area contributed by atoms with Crippen LogP contribution in [0.5, 0.6) is 0 Å². The largest absolute Gasteiger partial charge is 0.421 e. The first kappa shape index (κ1) is 18.8. The van der Waals surface area contributed by atoms with Gasteiger partial charge in [0.2, 0.25) is 11.8 Å². The summed E-state index contributed by atoms with van der Waals surface area (Å²) >= 11 is 9.04. The smallest absolute Gasteiger partial charge is 0.265 e. The zero-order valence-corrected chi connectivity index (χ0v) is 16.9. The van der Waals surface area contributed by atoms with Gasteiger partial charge in [0.25, 0.3) is 5.91 Å². The minimum Gasteiger partial charge on any atom is -0.421 e. The van der Waals surface area contributed by atoms with Crippen molar-refractivity contribution in [3.63, 3.8) is 0 Å². The summed E-state index contributed by atoms with van der Waals surface area (Å²) in [6, 6.07) is 6.88. The van der Waals surface area contributed by atoms with Crippen LogP contribution in [-0.4, -0.2) is 39.3 Å². The van der Waals surface area contributed by atoms with Crippen LogP contribution in [0, 0.1) is 6.92 Å². The van der Waals surface area contributed by atoms with E-state index in [0.717, 1.165) is 14.7 Å². The first-order valence-corrected chi connectivity index (χ1v) is 10.2. The predicted molar refractivity (Wildman–Crippen MR) is 111 cm³/mol. The quantitative estimate of drug-likeness (QED) is 0.419. The molecule has 0 spiro atoms. The van der Waals surface area contributed by atoms with Crippen molar-refractivity contribution in [3.8, 4) is 11.5 Å². The van der Waals surface area contributed by atoms with Gasteiger partial charge in [0.1, 0.15) is 4.83 Å². The number of benzene rings is 1. The molecule has 3 N–H and O–H groups in total. The van der Waals surface area contributed by atoms with E-state index in [1.165, 1.54) is 22.7 Å². The molecule has 11 heteroatoms. The number of thiazole rings is 1. The van der Waals surface area contributed by atoms with Crippen molar-refractivity contribution in [2.45, 2.75) is 6.92 Å². The molecular formula is C17H14ClN5O3S2. The van der Waals surface area contributed by atoms with E-state index in [4.69, 9.17) is 21.1 Å². The molecule has 3 heterocycles. The van der Waals surface area contributed by atoms with Gasteiger partial charge >= 0.3 is 0 Å². The summed E-state index contributed by atoms with van der Waals surface area (Å²) in [6.45, 7) is 2.17. The molecule has 0 bridgehead atoms. The lowest BCUT2D eigenvalue weighted by atomic mass is 10.2. The molecule has 0 unspecified atom stereocenters. The minimum absolute atomic E-state index is 0.0360. The van der Waals surface area contributed by atoms with Crippen molar-refractivity contribution in [1.82, 2.24) is 15.2 Å². The van der Waals surface area contributed by atoms with Crippen molar-refractivity contribution in [2.75, 3.05) is 23.8 Å². The normalized spacial score (nSPS) is 11.1. The van der Waals surface area contributed by atoms with Gasteiger partial charge in [0, 0.05) is 19.2 Å². The number of halogens is 1. The molecule has 0 fully saturated rings. The van der Waals surface area contributed by atoms with Gasteiger partial charge in [-0.2, -0.15) is 0 Å². The Morgan fingerprint density at radius 1 is 1.29 bits per heavy atom. The number of carbonyl (C=O) groups is 1. The van der Waals surface area contributed by atoms with Gasteiger partial charge in [-0.25, -0.2) is 4.98 Å². The van der Waals surface area contributed by atoms with E-state index < -0.39 is 0 Å².